The Kier molecular flexibility index (Phi) is 12.2. The normalized spacial score (nSPS) is 23.7. The Hall–Kier alpha value is -4.37. The van der Waals surface area contributed by atoms with Gasteiger partial charge in [-0.15, -0.1) is 0 Å². The summed E-state index contributed by atoms with van der Waals surface area (Å²) in [4.78, 5) is 16.3. The van der Waals surface area contributed by atoms with Gasteiger partial charge >= 0.3 is 0 Å². The van der Waals surface area contributed by atoms with Crippen molar-refractivity contribution in [2.75, 3.05) is 19.7 Å². The number of carbonyl (C=O) groups is 1. The second kappa shape index (κ2) is 17.2. The molecule has 8 rings (SSSR count). The van der Waals surface area contributed by atoms with Crippen LogP contribution in [0, 0.1) is 5.41 Å². The van der Waals surface area contributed by atoms with Crippen LogP contribution in [0.25, 0.3) is 10.8 Å². The van der Waals surface area contributed by atoms with Gasteiger partial charge in [0, 0.05) is 30.6 Å². The lowest BCUT2D eigenvalue weighted by Crippen LogP contribution is -2.53. The van der Waals surface area contributed by atoms with Crippen LogP contribution in [0.15, 0.2) is 125 Å². The first-order valence-corrected chi connectivity index (χ1v) is 19.9. The lowest BCUT2D eigenvalue weighted by molar-refractivity contribution is -0.0922. The molecule has 0 aliphatic heterocycles. The third kappa shape index (κ3) is 8.88. The van der Waals surface area contributed by atoms with Gasteiger partial charge in [-0.2, -0.15) is 0 Å². The number of ether oxygens (including phenoxy) is 1. The molecule has 0 amide bonds. The van der Waals surface area contributed by atoms with Crippen molar-refractivity contribution in [1.29, 1.82) is 0 Å². The molecule has 0 radical (unpaired) electrons. The predicted molar refractivity (Wildman–Crippen MR) is 217 cm³/mol. The van der Waals surface area contributed by atoms with Crippen LogP contribution in [0.1, 0.15) is 96.7 Å². The highest BCUT2D eigenvalue weighted by molar-refractivity contribution is 6.08. The minimum atomic E-state index is -1.15. The van der Waals surface area contributed by atoms with Crippen molar-refractivity contribution in [2.24, 2.45) is 5.41 Å². The zero-order valence-corrected chi connectivity index (χ0v) is 32.2. The number of carbonyl (C=O) groups excluding carboxylic acids is 1. The molecule has 4 aromatic carbocycles. The smallest absolute Gasteiger partial charge is 0.228 e. The van der Waals surface area contributed by atoms with E-state index >= 15 is 0 Å². The van der Waals surface area contributed by atoms with E-state index in [1.54, 1.807) is 12.1 Å². The zero-order valence-electron chi connectivity index (χ0n) is 32.2. The molecule has 5 atom stereocenters. The molecule has 1 fully saturated rings. The molecule has 0 saturated heterocycles. The van der Waals surface area contributed by atoms with Crippen molar-refractivity contribution in [3.63, 3.8) is 0 Å². The summed E-state index contributed by atoms with van der Waals surface area (Å²) in [5, 5.41) is 37.9. The summed E-state index contributed by atoms with van der Waals surface area (Å²) >= 11 is 0. The van der Waals surface area contributed by atoms with Gasteiger partial charge in [-0.3, -0.25) is 9.69 Å². The first kappa shape index (κ1) is 38.9. The molecule has 0 spiro atoms. The van der Waals surface area contributed by atoms with Gasteiger partial charge in [0.15, 0.2) is 5.76 Å². The number of ketones is 1. The van der Waals surface area contributed by atoms with Crippen molar-refractivity contribution in [2.45, 2.75) is 95.7 Å². The molecule has 3 aliphatic rings. The van der Waals surface area contributed by atoms with Crippen molar-refractivity contribution in [3.8, 4) is 0 Å². The van der Waals surface area contributed by atoms with Gasteiger partial charge in [-0.1, -0.05) is 104 Å². The van der Waals surface area contributed by atoms with Gasteiger partial charge in [0.1, 0.15) is 0 Å². The van der Waals surface area contributed by atoms with E-state index in [9.17, 15) is 20.1 Å². The first-order chi connectivity index (χ1) is 26.6. The second-order valence-electron chi connectivity index (χ2n) is 16.2. The number of aliphatic hydroxyl groups excluding tert-OH is 2. The number of nitrogens with zero attached hydrogens (tertiary/aromatic N) is 1. The SMILES string of the molecule is CC1=CCC[C@@]2(C)[C@@H](CC[C@@]2(O)CN(Cc2cccc3ccccc23)C[C@@H](O)COCc2ccccc2)c2ccc(cc2C(=O)c2ccco2)C[C@@H](O)CC1. The third-order valence-electron chi connectivity index (χ3n) is 12.3. The number of allylic oxidation sites excluding steroid dienone is 2. The van der Waals surface area contributed by atoms with Gasteiger partial charge in [0.05, 0.1) is 37.3 Å². The Morgan fingerprint density at radius 1 is 0.964 bits per heavy atom. The van der Waals surface area contributed by atoms with Crippen molar-refractivity contribution < 1.29 is 29.3 Å². The van der Waals surface area contributed by atoms with E-state index in [2.05, 4.69) is 67.3 Å². The Labute approximate surface area is 325 Å². The molecule has 1 heterocycles. The van der Waals surface area contributed by atoms with Crippen molar-refractivity contribution in [1.82, 2.24) is 4.90 Å². The summed E-state index contributed by atoms with van der Waals surface area (Å²) in [6.45, 7) is 6.11. The molecule has 1 saturated carbocycles. The quantitative estimate of drug-likeness (QED) is 0.0868. The van der Waals surface area contributed by atoms with Gasteiger partial charge < -0.3 is 24.5 Å². The number of benzene rings is 4. The Morgan fingerprint density at radius 2 is 1.76 bits per heavy atom. The van der Waals surface area contributed by atoms with Crippen LogP contribution in [0.3, 0.4) is 0 Å². The van der Waals surface area contributed by atoms with Gasteiger partial charge in [-0.05, 0) is 109 Å². The van der Waals surface area contributed by atoms with Gasteiger partial charge in [0.2, 0.25) is 5.78 Å². The van der Waals surface area contributed by atoms with Gasteiger partial charge in [-0.25, -0.2) is 0 Å². The van der Waals surface area contributed by atoms with E-state index in [-0.39, 0.29) is 24.1 Å². The van der Waals surface area contributed by atoms with Crippen molar-refractivity contribution >= 4 is 16.6 Å². The lowest BCUT2D eigenvalue weighted by atomic mass is 9.64. The lowest BCUT2D eigenvalue weighted by Gasteiger charge is -2.46. The van der Waals surface area contributed by atoms with Crippen LogP contribution in [0.4, 0.5) is 0 Å². The van der Waals surface area contributed by atoms with Crippen LogP contribution in [-0.4, -0.2) is 63.5 Å². The molecule has 2 bridgehead atoms. The fourth-order valence-electron chi connectivity index (χ4n) is 9.20. The maximum Gasteiger partial charge on any atom is 0.228 e. The maximum absolute atomic E-state index is 14.1. The summed E-state index contributed by atoms with van der Waals surface area (Å²) in [7, 11) is 0. The minimum absolute atomic E-state index is 0.124. The minimum Gasteiger partial charge on any atom is -0.461 e. The summed E-state index contributed by atoms with van der Waals surface area (Å²) in [5.41, 5.74) is 4.03. The molecular weight excluding hydrogens is 687 g/mol. The largest absolute Gasteiger partial charge is 0.461 e. The number of hydrogen-bond acceptors (Lipinski definition) is 7. The summed E-state index contributed by atoms with van der Waals surface area (Å²) in [6.07, 6.45) is 7.06. The number of fused-ring (bicyclic) bond motifs is 9. The van der Waals surface area contributed by atoms with Crippen LogP contribution < -0.4 is 0 Å². The molecule has 3 N–H and O–H groups in total. The highest BCUT2D eigenvalue weighted by Gasteiger charge is 2.57. The van der Waals surface area contributed by atoms with E-state index in [1.165, 1.54) is 11.8 Å². The highest BCUT2D eigenvalue weighted by atomic mass is 16.5. The first-order valence-electron chi connectivity index (χ1n) is 19.9. The Bertz CT molecular complexity index is 2070. The van der Waals surface area contributed by atoms with E-state index in [1.807, 2.05) is 48.5 Å². The standard InChI is InChI=1S/C48H55NO6/c1-34-11-9-24-47(2)44(42-22-20-36(27-39(50)21-19-34)28-43(42)46(52)45-18-10-26-55-45)23-25-48(47,53)33-49(29-38-16-8-15-37-14-6-7-17-41(37)38)30-40(51)32-54-31-35-12-4-3-5-13-35/h3-8,10-18,20,22,26,28,39-40,44,50-51,53H,9,19,21,23-25,27,29-33H2,1-2H3/t39-,40+,44-,47-,48+/m0/s1. The summed E-state index contributed by atoms with van der Waals surface area (Å²) < 4.78 is 11.6. The molecule has 3 aliphatic carbocycles. The van der Waals surface area contributed by atoms with Crippen LogP contribution in [0.5, 0.6) is 0 Å². The molecule has 7 heteroatoms. The Balaban J connectivity index is 1.23. The fraction of sp³-hybridized carbons (Fsp3) is 0.396. The van der Waals surface area contributed by atoms with Crippen LogP contribution in [0.2, 0.25) is 0 Å². The summed E-state index contributed by atoms with van der Waals surface area (Å²) in [6, 6.07) is 34.1. The van der Waals surface area contributed by atoms with E-state index in [0.29, 0.717) is 63.9 Å². The third-order valence-corrected chi connectivity index (χ3v) is 12.3. The molecule has 7 nitrogen and oxygen atoms in total. The van der Waals surface area contributed by atoms with E-state index in [0.717, 1.165) is 45.9 Å². The van der Waals surface area contributed by atoms with E-state index < -0.39 is 23.2 Å². The average molecular weight is 742 g/mol. The average Bonchev–Trinajstić information content (AvgIpc) is 3.81. The maximum atomic E-state index is 14.1. The van der Waals surface area contributed by atoms with Gasteiger partial charge in [0.25, 0.3) is 0 Å². The molecule has 5 aromatic rings. The Morgan fingerprint density at radius 3 is 2.58 bits per heavy atom. The predicted octanol–water partition coefficient (Wildman–Crippen LogP) is 8.78. The number of furan rings is 1. The highest BCUT2D eigenvalue weighted by Crippen LogP contribution is 2.59. The molecule has 55 heavy (non-hydrogen) atoms. The molecule has 0 unspecified atom stereocenters. The monoisotopic (exact) mass is 741 g/mol. The number of rotatable bonds is 12. The molecule has 1 aromatic heterocycles. The summed E-state index contributed by atoms with van der Waals surface area (Å²) in [5.74, 6) is -0.0351. The number of aliphatic hydroxyl groups is 3. The zero-order chi connectivity index (χ0) is 38.4. The van der Waals surface area contributed by atoms with Crippen LogP contribution >= 0.6 is 0 Å². The van der Waals surface area contributed by atoms with E-state index in [4.69, 9.17) is 9.15 Å². The second-order valence-corrected chi connectivity index (χ2v) is 16.2. The fourth-order valence-corrected chi connectivity index (χ4v) is 9.20. The molecular formula is C48H55NO6. The number of hydrogen-bond donors (Lipinski definition) is 3. The topological polar surface area (TPSA) is 103 Å². The van der Waals surface area contributed by atoms with Crippen molar-refractivity contribution in [3.05, 3.63) is 155 Å². The van der Waals surface area contributed by atoms with Crippen LogP contribution in [-0.2, 0) is 24.3 Å². The molecule has 288 valence electrons.